The largest absolute Gasteiger partial charge is 0.454 e. The number of rotatable bonds is 5. The van der Waals surface area contributed by atoms with Gasteiger partial charge in [0, 0.05) is 52.8 Å². The Labute approximate surface area is 330 Å². The van der Waals surface area contributed by atoms with Gasteiger partial charge in [0.2, 0.25) is 5.95 Å². The molecule has 0 atom stereocenters. The number of fused-ring (bicyclic) bond motifs is 10. The number of para-hydroxylation sites is 2. The Kier molecular flexibility index (Phi) is 7.03. The Morgan fingerprint density at radius 3 is 1.91 bits per heavy atom. The summed E-state index contributed by atoms with van der Waals surface area (Å²) in [5, 5.41) is 6.79. The second kappa shape index (κ2) is 12.6. The van der Waals surface area contributed by atoms with E-state index >= 15 is 0 Å². The molecule has 0 aliphatic rings. The highest BCUT2D eigenvalue weighted by atomic mass is 32.1. The van der Waals surface area contributed by atoms with Crippen molar-refractivity contribution in [1.29, 1.82) is 0 Å². The fourth-order valence-corrected chi connectivity index (χ4v) is 9.70. The number of aromatic nitrogens is 4. The molecule has 0 N–H and O–H groups in total. The van der Waals surface area contributed by atoms with Crippen LogP contribution in [0.15, 0.2) is 186 Å². The zero-order valence-electron chi connectivity index (χ0n) is 30.4. The monoisotopic (exact) mass is 746 g/mol. The van der Waals surface area contributed by atoms with E-state index in [2.05, 4.69) is 168 Å². The maximum Gasteiger partial charge on any atom is 0.238 e. The lowest BCUT2D eigenvalue weighted by molar-refractivity contribution is 0.670. The highest BCUT2D eigenvalue weighted by Gasteiger charge is 2.23. The van der Waals surface area contributed by atoms with Crippen molar-refractivity contribution in [2.45, 2.75) is 0 Å². The normalized spacial score (nSPS) is 11.9. The van der Waals surface area contributed by atoms with Crippen LogP contribution in [-0.2, 0) is 0 Å². The van der Waals surface area contributed by atoms with Crippen molar-refractivity contribution in [1.82, 2.24) is 19.5 Å². The molecule has 0 aliphatic heterocycles. The van der Waals surface area contributed by atoms with Crippen LogP contribution in [0.3, 0.4) is 0 Å². The zero-order chi connectivity index (χ0) is 37.5. The standard InChI is InChI=1S/C51H30N4OS/c1-3-14-31(15-4-1)34-18-7-8-21-40(34)50-52-49(33-26-27-41-45(30-33)57-44-25-13-22-35(46(41)44)32-16-5-2-6-17-32)53-51(54-50)55-42-23-11-9-19-36(42)38-28-29-39-37-20-10-12-24-43(37)56-48(39)47(38)55/h1-30H. The number of hydrogen-bond acceptors (Lipinski definition) is 5. The van der Waals surface area contributed by atoms with Gasteiger partial charge in [0.25, 0.3) is 0 Å². The van der Waals surface area contributed by atoms with Gasteiger partial charge in [-0.3, -0.25) is 4.57 Å². The third-order valence-electron chi connectivity index (χ3n) is 11.1. The van der Waals surface area contributed by atoms with E-state index in [4.69, 9.17) is 19.4 Å². The minimum Gasteiger partial charge on any atom is -0.454 e. The fraction of sp³-hybridized carbons (Fsp3) is 0. The number of nitrogens with zero attached hydrogens (tertiary/aromatic N) is 4. The lowest BCUT2D eigenvalue weighted by Crippen LogP contribution is -2.07. The molecule has 12 rings (SSSR count). The highest BCUT2D eigenvalue weighted by molar-refractivity contribution is 7.26. The van der Waals surface area contributed by atoms with E-state index in [1.54, 1.807) is 11.3 Å². The van der Waals surface area contributed by atoms with Crippen LogP contribution in [0.5, 0.6) is 0 Å². The number of furan rings is 1. The molecular formula is C51H30N4OS. The summed E-state index contributed by atoms with van der Waals surface area (Å²) < 4.78 is 11.3. The number of hydrogen-bond donors (Lipinski definition) is 0. The minimum atomic E-state index is 0.528. The summed E-state index contributed by atoms with van der Waals surface area (Å²) in [6, 6.07) is 63.7. The molecule has 57 heavy (non-hydrogen) atoms. The molecule has 266 valence electrons. The third kappa shape index (κ3) is 4.98. The van der Waals surface area contributed by atoms with E-state index in [9.17, 15) is 0 Å². The van der Waals surface area contributed by atoms with Gasteiger partial charge in [0.1, 0.15) is 11.1 Å². The van der Waals surface area contributed by atoms with Crippen molar-refractivity contribution in [2.75, 3.05) is 0 Å². The first-order chi connectivity index (χ1) is 28.3. The predicted molar refractivity (Wildman–Crippen MR) is 236 cm³/mol. The van der Waals surface area contributed by atoms with E-state index in [1.165, 1.54) is 31.3 Å². The van der Waals surface area contributed by atoms with E-state index in [0.717, 1.165) is 66.0 Å². The molecule has 0 unspecified atom stereocenters. The number of benzene rings is 8. The molecule has 0 radical (unpaired) electrons. The molecule has 12 aromatic rings. The molecule has 0 fully saturated rings. The van der Waals surface area contributed by atoms with Crippen molar-refractivity contribution in [3.8, 4) is 51.0 Å². The third-order valence-corrected chi connectivity index (χ3v) is 12.2. The van der Waals surface area contributed by atoms with Crippen LogP contribution in [0.2, 0.25) is 0 Å². The van der Waals surface area contributed by atoms with Gasteiger partial charge in [-0.2, -0.15) is 9.97 Å². The summed E-state index contributed by atoms with van der Waals surface area (Å²) in [4.78, 5) is 16.0. The Hall–Kier alpha value is -7.41. The summed E-state index contributed by atoms with van der Waals surface area (Å²) in [6.45, 7) is 0. The van der Waals surface area contributed by atoms with Crippen LogP contribution >= 0.6 is 11.3 Å². The second-order valence-corrected chi connectivity index (χ2v) is 15.4. The molecule has 5 nitrogen and oxygen atoms in total. The molecule has 4 aromatic heterocycles. The van der Waals surface area contributed by atoms with Crippen LogP contribution in [-0.4, -0.2) is 19.5 Å². The van der Waals surface area contributed by atoms with E-state index in [1.807, 2.05) is 18.2 Å². The summed E-state index contributed by atoms with van der Waals surface area (Å²) in [5.74, 6) is 1.73. The maximum atomic E-state index is 6.69. The van der Waals surface area contributed by atoms with Crippen LogP contribution in [0.1, 0.15) is 0 Å². The van der Waals surface area contributed by atoms with Crippen molar-refractivity contribution < 1.29 is 4.42 Å². The average molecular weight is 747 g/mol. The fourth-order valence-electron chi connectivity index (χ4n) is 8.52. The second-order valence-electron chi connectivity index (χ2n) is 14.3. The minimum absolute atomic E-state index is 0.528. The average Bonchev–Trinajstić information content (AvgIpc) is 3.96. The molecule has 0 spiro atoms. The van der Waals surface area contributed by atoms with Crippen LogP contribution in [0, 0.1) is 0 Å². The molecular weight excluding hydrogens is 717 g/mol. The highest BCUT2D eigenvalue weighted by Crippen LogP contribution is 2.43. The van der Waals surface area contributed by atoms with Crippen molar-refractivity contribution in [3.63, 3.8) is 0 Å². The summed E-state index contributed by atoms with van der Waals surface area (Å²) in [6.07, 6.45) is 0. The van der Waals surface area contributed by atoms with Gasteiger partial charge in [-0.15, -0.1) is 11.3 Å². The number of thiophene rings is 1. The molecule has 0 bridgehead atoms. The van der Waals surface area contributed by atoms with Crippen LogP contribution in [0.25, 0.3) is 115 Å². The first-order valence-electron chi connectivity index (χ1n) is 19.0. The maximum absolute atomic E-state index is 6.69. The van der Waals surface area contributed by atoms with Gasteiger partial charge in [-0.05, 0) is 52.6 Å². The van der Waals surface area contributed by atoms with Gasteiger partial charge in [-0.1, -0.05) is 152 Å². The molecule has 0 amide bonds. The molecule has 6 heteroatoms. The summed E-state index contributed by atoms with van der Waals surface area (Å²) >= 11 is 1.80. The Bertz CT molecular complexity index is 3530. The summed E-state index contributed by atoms with van der Waals surface area (Å²) in [5.41, 5.74) is 10.0. The van der Waals surface area contributed by atoms with Crippen molar-refractivity contribution in [3.05, 3.63) is 182 Å². The van der Waals surface area contributed by atoms with Gasteiger partial charge in [0.15, 0.2) is 17.2 Å². The zero-order valence-corrected chi connectivity index (χ0v) is 31.2. The molecule has 0 aliphatic carbocycles. The Balaban J connectivity index is 1.15. The van der Waals surface area contributed by atoms with Crippen LogP contribution < -0.4 is 0 Å². The predicted octanol–water partition coefficient (Wildman–Crippen LogP) is 13.9. The van der Waals surface area contributed by atoms with Gasteiger partial charge in [-0.25, -0.2) is 4.98 Å². The van der Waals surface area contributed by atoms with Gasteiger partial charge >= 0.3 is 0 Å². The lowest BCUT2D eigenvalue weighted by atomic mass is 9.99. The Morgan fingerprint density at radius 1 is 0.421 bits per heavy atom. The van der Waals surface area contributed by atoms with Gasteiger partial charge < -0.3 is 4.42 Å². The molecule has 8 aromatic carbocycles. The van der Waals surface area contributed by atoms with Crippen molar-refractivity contribution in [2.24, 2.45) is 0 Å². The first-order valence-corrected chi connectivity index (χ1v) is 19.8. The summed E-state index contributed by atoms with van der Waals surface area (Å²) in [7, 11) is 0. The molecule has 4 heterocycles. The SMILES string of the molecule is c1ccc(-c2ccccc2-c2nc(-c3ccc4c(c3)sc3cccc(-c5ccccc5)c34)nc(-n3c4ccccc4c4ccc5c6ccccc6oc5c43)n2)cc1. The Morgan fingerprint density at radius 2 is 1.07 bits per heavy atom. The van der Waals surface area contributed by atoms with Gasteiger partial charge in [0.05, 0.1) is 5.52 Å². The first kappa shape index (κ1) is 31.9. The topological polar surface area (TPSA) is 56.7 Å². The lowest BCUT2D eigenvalue weighted by Gasteiger charge is -2.13. The molecule has 0 saturated carbocycles. The smallest absolute Gasteiger partial charge is 0.238 e. The molecule has 0 saturated heterocycles. The van der Waals surface area contributed by atoms with E-state index in [-0.39, 0.29) is 0 Å². The van der Waals surface area contributed by atoms with Crippen molar-refractivity contribution >= 4 is 75.3 Å². The van der Waals surface area contributed by atoms with E-state index < -0.39 is 0 Å². The van der Waals surface area contributed by atoms with Crippen LogP contribution in [0.4, 0.5) is 0 Å². The quantitative estimate of drug-likeness (QED) is 0.176. The van der Waals surface area contributed by atoms with E-state index in [0.29, 0.717) is 17.6 Å².